The van der Waals surface area contributed by atoms with Gasteiger partial charge in [0.25, 0.3) is 0 Å². The van der Waals surface area contributed by atoms with Gasteiger partial charge in [-0.05, 0) is 43.9 Å². The van der Waals surface area contributed by atoms with E-state index in [1.807, 2.05) is 54.3 Å². The Kier molecular flexibility index (Phi) is 4.09. The summed E-state index contributed by atoms with van der Waals surface area (Å²) in [5.41, 5.74) is 2.35. The lowest BCUT2D eigenvalue weighted by Gasteiger charge is -2.33. The molecular weight excluding hydrogens is 316 g/mol. The number of para-hydroxylation sites is 1. The molecular formula is C20H22N2O3. The molecule has 0 unspecified atom stereocenters. The van der Waals surface area contributed by atoms with Gasteiger partial charge in [0.1, 0.15) is 11.2 Å². The van der Waals surface area contributed by atoms with Crippen LogP contribution in [-0.2, 0) is 0 Å². The zero-order valence-electron chi connectivity index (χ0n) is 14.2. The number of urea groups is 1. The summed E-state index contributed by atoms with van der Waals surface area (Å²) in [6.45, 7) is 3.17. The first-order valence-electron chi connectivity index (χ1n) is 8.77. The van der Waals surface area contributed by atoms with E-state index in [-0.39, 0.29) is 18.1 Å². The maximum atomic E-state index is 12.5. The number of aliphatic hydroxyl groups excluding tert-OH is 1. The van der Waals surface area contributed by atoms with Crippen molar-refractivity contribution >= 4 is 33.7 Å². The van der Waals surface area contributed by atoms with Crippen molar-refractivity contribution < 1.29 is 14.3 Å². The summed E-state index contributed by atoms with van der Waals surface area (Å²) in [5, 5.41) is 14.8. The first-order chi connectivity index (χ1) is 12.1. The number of likely N-dealkylation sites (tertiary alicyclic amines) is 1. The number of hydrogen-bond acceptors (Lipinski definition) is 3. The van der Waals surface area contributed by atoms with Crippen LogP contribution in [0.15, 0.2) is 46.9 Å². The van der Waals surface area contributed by atoms with E-state index in [4.69, 9.17) is 4.42 Å². The van der Waals surface area contributed by atoms with Crippen LogP contribution in [0.3, 0.4) is 0 Å². The van der Waals surface area contributed by atoms with E-state index in [1.165, 1.54) is 0 Å². The van der Waals surface area contributed by atoms with Gasteiger partial charge in [-0.25, -0.2) is 4.79 Å². The quantitative estimate of drug-likeness (QED) is 0.735. The molecule has 0 bridgehead atoms. The number of hydrogen-bond donors (Lipinski definition) is 2. The molecule has 3 aromatic rings. The van der Waals surface area contributed by atoms with Crippen LogP contribution < -0.4 is 5.32 Å². The minimum Gasteiger partial charge on any atom is -0.456 e. The number of nitrogens with one attached hydrogen (secondary N) is 1. The molecule has 2 amide bonds. The molecule has 1 fully saturated rings. The Hall–Kier alpha value is -2.53. The minimum atomic E-state index is -0.305. The molecule has 0 spiro atoms. The average Bonchev–Trinajstić information content (AvgIpc) is 2.99. The SMILES string of the molecule is C[C@H](O)C1CCN(C(=O)Nc2ccc3c(c2)oc2ccccc23)CC1. The lowest BCUT2D eigenvalue weighted by Crippen LogP contribution is -2.42. The number of piperidine rings is 1. The summed E-state index contributed by atoms with van der Waals surface area (Å²) in [6.07, 6.45) is 1.38. The predicted molar refractivity (Wildman–Crippen MR) is 98.7 cm³/mol. The summed E-state index contributed by atoms with van der Waals surface area (Å²) < 4.78 is 5.87. The highest BCUT2D eigenvalue weighted by molar-refractivity contribution is 6.06. The van der Waals surface area contributed by atoms with Gasteiger partial charge in [-0.1, -0.05) is 18.2 Å². The highest BCUT2D eigenvalue weighted by atomic mass is 16.3. The third-order valence-electron chi connectivity index (χ3n) is 5.14. The van der Waals surface area contributed by atoms with E-state index in [1.54, 1.807) is 0 Å². The highest BCUT2D eigenvalue weighted by Crippen LogP contribution is 2.30. The van der Waals surface area contributed by atoms with Crippen molar-refractivity contribution in [3.63, 3.8) is 0 Å². The van der Waals surface area contributed by atoms with Crippen LogP contribution in [0.1, 0.15) is 19.8 Å². The molecule has 0 aliphatic carbocycles. The van der Waals surface area contributed by atoms with Gasteiger partial charge in [0.15, 0.2) is 0 Å². The van der Waals surface area contributed by atoms with E-state index in [0.717, 1.165) is 40.5 Å². The third kappa shape index (κ3) is 3.07. The Labute approximate surface area is 146 Å². The van der Waals surface area contributed by atoms with E-state index < -0.39 is 0 Å². The maximum Gasteiger partial charge on any atom is 0.321 e. The Morgan fingerprint density at radius 2 is 1.88 bits per heavy atom. The molecule has 2 N–H and O–H groups in total. The molecule has 4 rings (SSSR count). The van der Waals surface area contributed by atoms with Crippen LogP contribution in [0.5, 0.6) is 0 Å². The fourth-order valence-electron chi connectivity index (χ4n) is 3.59. The van der Waals surface area contributed by atoms with Crippen LogP contribution in [0.2, 0.25) is 0 Å². The molecule has 1 atom stereocenters. The first kappa shape index (κ1) is 16.0. The second-order valence-corrected chi connectivity index (χ2v) is 6.80. The molecule has 1 aliphatic rings. The molecule has 2 heterocycles. The topological polar surface area (TPSA) is 65.7 Å². The van der Waals surface area contributed by atoms with Crippen molar-refractivity contribution in [1.29, 1.82) is 0 Å². The van der Waals surface area contributed by atoms with E-state index >= 15 is 0 Å². The molecule has 1 aliphatic heterocycles. The molecule has 1 aromatic heterocycles. The average molecular weight is 338 g/mol. The second kappa shape index (κ2) is 6.41. The molecule has 0 radical (unpaired) electrons. The van der Waals surface area contributed by atoms with Crippen molar-refractivity contribution in [3.05, 3.63) is 42.5 Å². The Morgan fingerprint density at radius 3 is 2.64 bits per heavy atom. The van der Waals surface area contributed by atoms with Crippen molar-refractivity contribution in [2.75, 3.05) is 18.4 Å². The Morgan fingerprint density at radius 1 is 1.16 bits per heavy atom. The summed E-state index contributed by atoms with van der Waals surface area (Å²) in [7, 11) is 0. The lowest BCUT2D eigenvalue weighted by atomic mass is 9.92. The summed E-state index contributed by atoms with van der Waals surface area (Å²) in [6, 6.07) is 13.6. The van der Waals surface area contributed by atoms with E-state index in [2.05, 4.69) is 5.32 Å². The number of rotatable bonds is 2. The molecule has 5 nitrogen and oxygen atoms in total. The van der Waals surface area contributed by atoms with Gasteiger partial charge < -0.3 is 19.7 Å². The van der Waals surface area contributed by atoms with Crippen LogP contribution in [0.25, 0.3) is 21.9 Å². The number of carbonyl (C=O) groups is 1. The summed E-state index contributed by atoms with van der Waals surface area (Å²) in [5.74, 6) is 0.288. The number of carbonyl (C=O) groups excluding carboxylic acids is 1. The minimum absolute atomic E-state index is 0.0977. The monoisotopic (exact) mass is 338 g/mol. The van der Waals surface area contributed by atoms with Gasteiger partial charge in [0.05, 0.1) is 6.10 Å². The fraction of sp³-hybridized carbons (Fsp3) is 0.350. The standard InChI is InChI=1S/C20H22N2O3/c1-13(23)14-8-10-22(11-9-14)20(24)21-15-6-7-17-16-4-2-3-5-18(16)25-19(17)12-15/h2-7,12-14,23H,8-11H2,1H3,(H,21,24)/t13-/m0/s1. The largest absolute Gasteiger partial charge is 0.456 e. The van der Waals surface area contributed by atoms with Crippen LogP contribution in [-0.4, -0.2) is 35.2 Å². The number of furan rings is 1. The number of anilines is 1. The van der Waals surface area contributed by atoms with Crippen molar-refractivity contribution in [2.45, 2.75) is 25.9 Å². The zero-order valence-corrected chi connectivity index (χ0v) is 14.2. The number of amides is 2. The Balaban J connectivity index is 1.49. The fourth-order valence-corrected chi connectivity index (χ4v) is 3.59. The smallest absolute Gasteiger partial charge is 0.321 e. The molecule has 1 saturated heterocycles. The normalized spacial score (nSPS) is 17.1. The predicted octanol–water partition coefficient (Wildman–Crippen LogP) is 4.21. The molecule has 130 valence electrons. The van der Waals surface area contributed by atoms with Gasteiger partial charge in [-0.2, -0.15) is 0 Å². The Bertz CT molecular complexity index is 908. The van der Waals surface area contributed by atoms with Gasteiger partial charge in [-0.15, -0.1) is 0 Å². The van der Waals surface area contributed by atoms with Crippen LogP contribution in [0.4, 0.5) is 10.5 Å². The maximum absolute atomic E-state index is 12.5. The van der Waals surface area contributed by atoms with Crippen molar-refractivity contribution in [2.24, 2.45) is 5.92 Å². The number of fused-ring (bicyclic) bond motifs is 3. The first-order valence-corrected chi connectivity index (χ1v) is 8.77. The zero-order chi connectivity index (χ0) is 17.4. The third-order valence-corrected chi connectivity index (χ3v) is 5.14. The number of benzene rings is 2. The molecule has 25 heavy (non-hydrogen) atoms. The highest BCUT2D eigenvalue weighted by Gasteiger charge is 2.25. The van der Waals surface area contributed by atoms with Gasteiger partial charge >= 0.3 is 6.03 Å². The number of aliphatic hydroxyl groups is 1. The lowest BCUT2D eigenvalue weighted by molar-refractivity contribution is 0.0820. The van der Waals surface area contributed by atoms with E-state index in [9.17, 15) is 9.90 Å². The van der Waals surface area contributed by atoms with Crippen molar-refractivity contribution in [1.82, 2.24) is 4.90 Å². The second-order valence-electron chi connectivity index (χ2n) is 6.80. The van der Waals surface area contributed by atoms with Gasteiger partial charge in [-0.3, -0.25) is 0 Å². The van der Waals surface area contributed by atoms with E-state index in [0.29, 0.717) is 13.1 Å². The molecule has 5 heteroatoms. The molecule has 2 aromatic carbocycles. The van der Waals surface area contributed by atoms with Crippen LogP contribution >= 0.6 is 0 Å². The summed E-state index contributed by atoms with van der Waals surface area (Å²) in [4.78, 5) is 14.3. The number of nitrogens with zero attached hydrogens (tertiary/aromatic N) is 1. The molecule has 0 saturated carbocycles. The summed E-state index contributed by atoms with van der Waals surface area (Å²) >= 11 is 0. The van der Waals surface area contributed by atoms with Gasteiger partial charge in [0.2, 0.25) is 0 Å². The van der Waals surface area contributed by atoms with Crippen LogP contribution in [0, 0.1) is 5.92 Å². The van der Waals surface area contributed by atoms with Gasteiger partial charge in [0, 0.05) is 35.6 Å². The van der Waals surface area contributed by atoms with Crippen molar-refractivity contribution in [3.8, 4) is 0 Å².